The molecule has 0 saturated heterocycles. The van der Waals surface area contributed by atoms with E-state index in [1.807, 2.05) is 12.1 Å². The first-order valence-electron chi connectivity index (χ1n) is 5.94. The van der Waals surface area contributed by atoms with Gasteiger partial charge in [-0.1, -0.05) is 18.2 Å². The molecule has 0 aliphatic carbocycles. The third kappa shape index (κ3) is 6.05. The Kier molecular flexibility index (Phi) is 9.44. The second-order valence-corrected chi connectivity index (χ2v) is 3.78. The van der Waals surface area contributed by atoms with E-state index < -0.39 is 0 Å². The predicted molar refractivity (Wildman–Crippen MR) is 91.6 cm³/mol. The smallest absolute Gasteiger partial charge is 0.337 e. The zero-order valence-electron chi connectivity index (χ0n) is 11.7. The maximum absolute atomic E-state index is 11.3. The van der Waals surface area contributed by atoms with Crippen LogP contribution in [0, 0.1) is 0 Å². The fraction of sp³-hybridized carbons (Fsp3) is 0.286. The molecule has 0 heterocycles. The van der Waals surface area contributed by atoms with E-state index in [0.29, 0.717) is 24.6 Å². The van der Waals surface area contributed by atoms with Gasteiger partial charge < -0.3 is 15.4 Å². The molecular formula is C14H20IN3O2. The zero-order valence-corrected chi connectivity index (χ0v) is 14.0. The van der Waals surface area contributed by atoms with Crippen LogP contribution < -0.4 is 10.6 Å². The van der Waals surface area contributed by atoms with Gasteiger partial charge in [-0.15, -0.1) is 30.6 Å². The van der Waals surface area contributed by atoms with Crippen LogP contribution in [0.3, 0.4) is 0 Å². The first-order valence-corrected chi connectivity index (χ1v) is 5.94. The van der Waals surface area contributed by atoms with Gasteiger partial charge in [0.05, 0.1) is 12.7 Å². The molecule has 0 bridgehead atoms. The monoisotopic (exact) mass is 389 g/mol. The van der Waals surface area contributed by atoms with E-state index >= 15 is 0 Å². The zero-order chi connectivity index (χ0) is 14.1. The van der Waals surface area contributed by atoms with E-state index in [0.717, 1.165) is 5.56 Å². The van der Waals surface area contributed by atoms with E-state index in [4.69, 9.17) is 0 Å². The lowest BCUT2D eigenvalue weighted by Gasteiger charge is -2.10. The van der Waals surface area contributed by atoms with Gasteiger partial charge in [0.2, 0.25) is 0 Å². The normalized spacial score (nSPS) is 10.2. The Labute approximate surface area is 136 Å². The Balaban J connectivity index is 0.00000361. The summed E-state index contributed by atoms with van der Waals surface area (Å²) in [6.07, 6.45) is 1.76. The van der Waals surface area contributed by atoms with Crippen LogP contribution in [0.2, 0.25) is 0 Å². The van der Waals surface area contributed by atoms with Gasteiger partial charge >= 0.3 is 5.97 Å². The Morgan fingerprint density at radius 1 is 1.35 bits per heavy atom. The average Bonchev–Trinajstić information content (AvgIpc) is 2.47. The minimum Gasteiger partial charge on any atom is -0.465 e. The van der Waals surface area contributed by atoms with Crippen LogP contribution >= 0.6 is 24.0 Å². The molecule has 5 nitrogen and oxygen atoms in total. The van der Waals surface area contributed by atoms with Crippen molar-refractivity contribution in [1.29, 1.82) is 0 Å². The van der Waals surface area contributed by atoms with Gasteiger partial charge in [-0.2, -0.15) is 0 Å². The number of benzene rings is 1. The number of nitrogens with one attached hydrogen (secondary N) is 2. The molecule has 0 radical (unpaired) electrons. The van der Waals surface area contributed by atoms with Crippen LogP contribution in [0.4, 0.5) is 0 Å². The van der Waals surface area contributed by atoms with Gasteiger partial charge in [0, 0.05) is 20.1 Å². The molecule has 0 aromatic heterocycles. The first-order chi connectivity index (χ1) is 9.21. The lowest BCUT2D eigenvalue weighted by atomic mass is 10.1. The van der Waals surface area contributed by atoms with Crippen LogP contribution in [0.15, 0.2) is 41.9 Å². The average molecular weight is 389 g/mol. The summed E-state index contributed by atoms with van der Waals surface area (Å²) in [6, 6.07) is 7.23. The molecule has 0 unspecified atom stereocenters. The van der Waals surface area contributed by atoms with E-state index in [2.05, 4.69) is 26.9 Å². The molecule has 6 heteroatoms. The van der Waals surface area contributed by atoms with Crippen molar-refractivity contribution in [1.82, 2.24) is 10.6 Å². The lowest BCUT2D eigenvalue weighted by molar-refractivity contribution is 0.0600. The lowest BCUT2D eigenvalue weighted by Crippen LogP contribution is -2.36. The van der Waals surface area contributed by atoms with Crippen molar-refractivity contribution in [3.63, 3.8) is 0 Å². The van der Waals surface area contributed by atoms with Crippen molar-refractivity contribution in [3.8, 4) is 0 Å². The summed E-state index contributed by atoms with van der Waals surface area (Å²) in [5, 5.41) is 6.23. The molecule has 0 atom stereocenters. The summed E-state index contributed by atoms with van der Waals surface area (Å²) in [6.45, 7) is 4.91. The number of nitrogens with zero attached hydrogens (tertiary/aromatic N) is 1. The van der Waals surface area contributed by atoms with Gasteiger partial charge in [0.15, 0.2) is 5.96 Å². The molecular weight excluding hydrogens is 369 g/mol. The van der Waals surface area contributed by atoms with Crippen molar-refractivity contribution in [3.05, 3.63) is 48.0 Å². The van der Waals surface area contributed by atoms with Crippen LogP contribution in [-0.4, -0.2) is 32.6 Å². The highest BCUT2D eigenvalue weighted by molar-refractivity contribution is 14.0. The van der Waals surface area contributed by atoms with Crippen molar-refractivity contribution in [2.75, 3.05) is 20.7 Å². The molecule has 0 aliphatic rings. The molecule has 1 aromatic rings. The summed E-state index contributed by atoms with van der Waals surface area (Å²) in [7, 11) is 3.08. The van der Waals surface area contributed by atoms with Gasteiger partial charge in [0.1, 0.15) is 0 Å². The highest BCUT2D eigenvalue weighted by Gasteiger charge is 2.04. The minimum atomic E-state index is -0.331. The van der Waals surface area contributed by atoms with Crippen molar-refractivity contribution in [2.24, 2.45) is 4.99 Å². The fourth-order valence-electron chi connectivity index (χ4n) is 1.45. The molecule has 0 amide bonds. The van der Waals surface area contributed by atoms with Gasteiger partial charge in [-0.3, -0.25) is 4.99 Å². The molecule has 0 saturated carbocycles. The van der Waals surface area contributed by atoms with E-state index in [1.54, 1.807) is 25.3 Å². The molecule has 1 aromatic carbocycles. The quantitative estimate of drug-likeness (QED) is 0.266. The Morgan fingerprint density at radius 2 is 2.00 bits per heavy atom. The third-order valence-corrected chi connectivity index (χ3v) is 2.47. The maximum atomic E-state index is 11.3. The highest BCUT2D eigenvalue weighted by atomic mass is 127. The first kappa shape index (κ1) is 18.4. The maximum Gasteiger partial charge on any atom is 0.337 e. The summed E-state index contributed by atoms with van der Waals surface area (Å²) >= 11 is 0. The Morgan fingerprint density at radius 3 is 2.50 bits per heavy atom. The van der Waals surface area contributed by atoms with Crippen molar-refractivity contribution < 1.29 is 9.53 Å². The summed E-state index contributed by atoms with van der Waals surface area (Å²) in [5.74, 6) is 0.375. The minimum absolute atomic E-state index is 0. The second kappa shape index (κ2) is 10.2. The highest BCUT2D eigenvalue weighted by Crippen LogP contribution is 2.05. The molecule has 1 rings (SSSR count). The molecule has 2 N–H and O–H groups in total. The summed E-state index contributed by atoms with van der Waals surface area (Å²) in [5.41, 5.74) is 1.59. The summed E-state index contributed by atoms with van der Waals surface area (Å²) in [4.78, 5) is 15.4. The SMILES string of the molecule is C=CCNC(=NC)NCc1ccc(C(=O)OC)cc1.I. The largest absolute Gasteiger partial charge is 0.465 e. The molecule has 0 spiro atoms. The molecule has 0 aliphatic heterocycles. The van der Waals surface area contributed by atoms with Crippen LogP contribution in [0.25, 0.3) is 0 Å². The van der Waals surface area contributed by atoms with Gasteiger partial charge in [-0.05, 0) is 17.7 Å². The third-order valence-electron chi connectivity index (χ3n) is 2.47. The molecule has 20 heavy (non-hydrogen) atoms. The van der Waals surface area contributed by atoms with Crippen LogP contribution in [0.1, 0.15) is 15.9 Å². The number of rotatable bonds is 5. The number of aliphatic imine (C=N–C) groups is 1. The van der Waals surface area contributed by atoms with Crippen LogP contribution in [0.5, 0.6) is 0 Å². The number of esters is 1. The topological polar surface area (TPSA) is 62.7 Å². The molecule has 110 valence electrons. The van der Waals surface area contributed by atoms with Crippen LogP contribution in [-0.2, 0) is 11.3 Å². The second-order valence-electron chi connectivity index (χ2n) is 3.78. The number of guanidine groups is 1. The number of methoxy groups -OCH3 is 1. The number of ether oxygens (including phenoxy) is 1. The van der Waals surface area contributed by atoms with Gasteiger partial charge in [0.25, 0.3) is 0 Å². The Hall–Kier alpha value is -1.57. The van der Waals surface area contributed by atoms with E-state index in [-0.39, 0.29) is 29.9 Å². The number of hydrogen-bond acceptors (Lipinski definition) is 3. The van der Waals surface area contributed by atoms with E-state index in [9.17, 15) is 4.79 Å². The standard InChI is InChI=1S/C14H19N3O2.HI/c1-4-9-16-14(15-2)17-10-11-5-7-12(8-6-11)13(18)19-3;/h4-8H,1,9-10H2,2-3H3,(H2,15,16,17);1H. The van der Waals surface area contributed by atoms with Crippen molar-refractivity contribution in [2.45, 2.75) is 6.54 Å². The summed E-state index contributed by atoms with van der Waals surface area (Å²) < 4.78 is 4.64. The Bertz CT molecular complexity index is 458. The number of halogens is 1. The molecule has 0 fully saturated rings. The van der Waals surface area contributed by atoms with Crippen molar-refractivity contribution >= 4 is 35.9 Å². The predicted octanol–water partition coefficient (Wildman–Crippen LogP) is 1.94. The van der Waals surface area contributed by atoms with Gasteiger partial charge in [-0.25, -0.2) is 4.79 Å². The number of carbonyl (C=O) groups excluding carboxylic acids is 1. The number of carbonyl (C=O) groups is 1. The van der Waals surface area contributed by atoms with E-state index in [1.165, 1.54) is 7.11 Å². The fourth-order valence-corrected chi connectivity index (χ4v) is 1.45. The number of hydrogen-bond donors (Lipinski definition) is 2.